The molecule has 5 heteroatoms. The number of carbonyl (C=O) groups excluding carboxylic acids is 1. The van der Waals surface area contributed by atoms with E-state index < -0.39 is 0 Å². The van der Waals surface area contributed by atoms with E-state index in [1.165, 1.54) is 6.92 Å². The van der Waals surface area contributed by atoms with Crippen molar-refractivity contribution in [1.82, 2.24) is 0 Å². The summed E-state index contributed by atoms with van der Waals surface area (Å²) in [6.07, 6.45) is 0. The Morgan fingerprint density at radius 3 is 1.70 bits per heavy atom. The first-order valence-electron chi connectivity index (χ1n) is 7.53. The Balaban J connectivity index is 1.71. The van der Waals surface area contributed by atoms with E-state index in [1.54, 1.807) is 12.1 Å². The van der Waals surface area contributed by atoms with Gasteiger partial charge in [0.25, 0.3) is 0 Å². The van der Waals surface area contributed by atoms with Crippen molar-refractivity contribution in [3.63, 3.8) is 0 Å². The molecule has 122 valence electrons. The van der Waals surface area contributed by atoms with E-state index in [2.05, 4.69) is 5.32 Å². The Morgan fingerprint density at radius 1 is 0.826 bits per heavy atom. The SMILES string of the molecule is CCOc1ccc(OCCOc2ccc(NC(C)=O)cc2)cc1. The number of hydrogen-bond acceptors (Lipinski definition) is 4. The first kappa shape index (κ1) is 16.7. The summed E-state index contributed by atoms with van der Waals surface area (Å²) in [5.74, 6) is 2.24. The fourth-order valence-corrected chi connectivity index (χ4v) is 1.96. The first-order chi connectivity index (χ1) is 11.2. The number of ether oxygens (including phenoxy) is 3. The predicted octanol–water partition coefficient (Wildman–Crippen LogP) is 3.50. The lowest BCUT2D eigenvalue weighted by Crippen LogP contribution is -2.09. The van der Waals surface area contributed by atoms with Crippen molar-refractivity contribution in [2.75, 3.05) is 25.1 Å². The van der Waals surface area contributed by atoms with Gasteiger partial charge in [-0.05, 0) is 55.5 Å². The van der Waals surface area contributed by atoms with Crippen molar-refractivity contribution in [3.05, 3.63) is 48.5 Å². The van der Waals surface area contributed by atoms with Crippen molar-refractivity contribution >= 4 is 11.6 Å². The Morgan fingerprint density at radius 2 is 1.26 bits per heavy atom. The van der Waals surface area contributed by atoms with Crippen LogP contribution in [0.3, 0.4) is 0 Å². The van der Waals surface area contributed by atoms with E-state index >= 15 is 0 Å². The van der Waals surface area contributed by atoms with Crippen LogP contribution < -0.4 is 19.5 Å². The van der Waals surface area contributed by atoms with Gasteiger partial charge in [-0.25, -0.2) is 0 Å². The van der Waals surface area contributed by atoms with Crippen LogP contribution in [0, 0.1) is 0 Å². The number of carbonyl (C=O) groups is 1. The van der Waals surface area contributed by atoms with Crippen molar-refractivity contribution in [2.45, 2.75) is 13.8 Å². The largest absolute Gasteiger partial charge is 0.494 e. The molecule has 0 fully saturated rings. The average molecular weight is 315 g/mol. The summed E-state index contributed by atoms with van der Waals surface area (Å²) in [4.78, 5) is 10.9. The molecule has 5 nitrogen and oxygen atoms in total. The molecule has 0 aliphatic carbocycles. The van der Waals surface area contributed by atoms with Crippen LogP contribution in [0.2, 0.25) is 0 Å². The predicted molar refractivity (Wildman–Crippen MR) is 89.3 cm³/mol. The fraction of sp³-hybridized carbons (Fsp3) is 0.278. The molecule has 23 heavy (non-hydrogen) atoms. The zero-order valence-electron chi connectivity index (χ0n) is 13.4. The van der Waals surface area contributed by atoms with E-state index in [1.807, 2.05) is 43.3 Å². The lowest BCUT2D eigenvalue weighted by molar-refractivity contribution is -0.114. The topological polar surface area (TPSA) is 56.8 Å². The van der Waals surface area contributed by atoms with Crippen LogP contribution in [0.15, 0.2) is 48.5 Å². The summed E-state index contributed by atoms with van der Waals surface area (Å²) < 4.78 is 16.6. The summed E-state index contributed by atoms with van der Waals surface area (Å²) >= 11 is 0. The molecule has 2 aromatic carbocycles. The Labute approximate surface area is 136 Å². The number of anilines is 1. The van der Waals surface area contributed by atoms with E-state index in [9.17, 15) is 4.79 Å². The zero-order chi connectivity index (χ0) is 16.5. The molecule has 0 bridgehead atoms. The highest BCUT2D eigenvalue weighted by molar-refractivity contribution is 5.88. The second-order valence-electron chi connectivity index (χ2n) is 4.81. The molecule has 0 saturated heterocycles. The van der Waals surface area contributed by atoms with Gasteiger partial charge in [-0.3, -0.25) is 4.79 Å². The summed E-state index contributed by atoms with van der Waals surface area (Å²) in [5.41, 5.74) is 0.746. The van der Waals surface area contributed by atoms with Crippen LogP contribution in [-0.2, 0) is 4.79 Å². The number of nitrogens with one attached hydrogen (secondary N) is 1. The number of benzene rings is 2. The molecule has 2 rings (SSSR count). The average Bonchev–Trinajstić information content (AvgIpc) is 2.54. The third-order valence-electron chi connectivity index (χ3n) is 2.93. The second kappa shape index (κ2) is 8.68. The minimum atomic E-state index is -0.0950. The molecule has 0 saturated carbocycles. The monoisotopic (exact) mass is 315 g/mol. The number of hydrogen-bond donors (Lipinski definition) is 1. The fourth-order valence-electron chi connectivity index (χ4n) is 1.96. The van der Waals surface area contributed by atoms with Gasteiger partial charge in [0.2, 0.25) is 5.91 Å². The van der Waals surface area contributed by atoms with Gasteiger partial charge < -0.3 is 19.5 Å². The van der Waals surface area contributed by atoms with Gasteiger partial charge >= 0.3 is 0 Å². The van der Waals surface area contributed by atoms with Crippen molar-refractivity contribution in [1.29, 1.82) is 0 Å². The maximum absolute atomic E-state index is 10.9. The third-order valence-corrected chi connectivity index (χ3v) is 2.93. The van der Waals surface area contributed by atoms with Gasteiger partial charge in [-0.1, -0.05) is 0 Å². The van der Waals surface area contributed by atoms with Gasteiger partial charge in [-0.15, -0.1) is 0 Å². The number of rotatable bonds is 8. The molecule has 0 aliphatic heterocycles. The molecule has 0 atom stereocenters. The summed E-state index contributed by atoms with van der Waals surface area (Å²) in [6, 6.07) is 14.7. The Bertz CT molecular complexity index is 608. The molecule has 1 N–H and O–H groups in total. The molecule has 0 spiro atoms. The molecule has 0 heterocycles. The second-order valence-corrected chi connectivity index (χ2v) is 4.81. The van der Waals surface area contributed by atoms with E-state index in [-0.39, 0.29) is 5.91 Å². The minimum Gasteiger partial charge on any atom is -0.494 e. The molecule has 0 aromatic heterocycles. The lowest BCUT2D eigenvalue weighted by Gasteiger charge is -2.10. The van der Waals surface area contributed by atoms with Gasteiger partial charge in [-0.2, -0.15) is 0 Å². The Kier molecular flexibility index (Phi) is 6.29. The van der Waals surface area contributed by atoms with E-state index in [0.29, 0.717) is 19.8 Å². The van der Waals surface area contributed by atoms with Crippen LogP contribution in [0.4, 0.5) is 5.69 Å². The van der Waals surface area contributed by atoms with E-state index in [0.717, 1.165) is 22.9 Å². The first-order valence-corrected chi connectivity index (χ1v) is 7.53. The number of amides is 1. The van der Waals surface area contributed by atoms with Gasteiger partial charge in [0.15, 0.2) is 0 Å². The zero-order valence-corrected chi connectivity index (χ0v) is 13.4. The third kappa shape index (κ3) is 5.90. The van der Waals surface area contributed by atoms with Gasteiger partial charge in [0.05, 0.1) is 6.61 Å². The normalized spacial score (nSPS) is 10.0. The Hall–Kier alpha value is -2.69. The lowest BCUT2D eigenvalue weighted by atomic mass is 10.3. The molecule has 0 radical (unpaired) electrons. The quantitative estimate of drug-likeness (QED) is 0.758. The highest BCUT2D eigenvalue weighted by Gasteiger charge is 1.99. The molecule has 1 amide bonds. The highest BCUT2D eigenvalue weighted by Crippen LogP contribution is 2.18. The molecule has 0 aliphatic rings. The van der Waals surface area contributed by atoms with Crippen molar-refractivity contribution in [2.24, 2.45) is 0 Å². The van der Waals surface area contributed by atoms with Crippen LogP contribution in [0.25, 0.3) is 0 Å². The van der Waals surface area contributed by atoms with E-state index in [4.69, 9.17) is 14.2 Å². The minimum absolute atomic E-state index is 0.0950. The van der Waals surface area contributed by atoms with Crippen LogP contribution in [-0.4, -0.2) is 25.7 Å². The molecular formula is C18H21NO4. The highest BCUT2D eigenvalue weighted by atomic mass is 16.5. The maximum atomic E-state index is 10.9. The standard InChI is InChI=1S/C18H21NO4/c1-3-21-16-8-10-18(11-9-16)23-13-12-22-17-6-4-15(5-7-17)19-14(2)20/h4-11H,3,12-13H2,1-2H3,(H,19,20). The maximum Gasteiger partial charge on any atom is 0.221 e. The van der Waals surface area contributed by atoms with Gasteiger partial charge in [0.1, 0.15) is 30.5 Å². The van der Waals surface area contributed by atoms with Crippen LogP contribution >= 0.6 is 0 Å². The van der Waals surface area contributed by atoms with Crippen LogP contribution in [0.5, 0.6) is 17.2 Å². The smallest absolute Gasteiger partial charge is 0.221 e. The van der Waals surface area contributed by atoms with Crippen molar-refractivity contribution in [3.8, 4) is 17.2 Å². The summed E-state index contributed by atoms with van der Waals surface area (Å²) in [7, 11) is 0. The van der Waals surface area contributed by atoms with Gasteiger partial charge in [0, 0.05) is 12.6 Å². The van der Waals surface area contributed by atoms with Crippen molar-refractivity contribution < 1.29 is 19.0 Å². The summed E-state index contributed by atoms with van der Waals surface area (Å²) in [5, 5.41) is 2.70. The summed E-state index contributed by atoms with van der Waals surface area (Å²) in [6.45, 7) is 4.95. The molecule has 0 unspecified atom stereocenters. The van der Waals surface area contributed by atoms with Crippen LogP contribution in [0.1, 0.15) is 13.8 Å². The molecule has 2 aromatic rings. The molecular weight excluding hydrogens is 294 g/mol.